The van der Waals surface area contributed by atoms with E-state index in [2.05, 4.69) is 31.1 Å². The molecule has 0 bridgehead atoms. The number of hydrogen-bond donors (Lipinski definition) is 1. The highest BCUT2D eigenvalue weighted by atomic mass is 19.1. The van der Waals surface area contributed by atoms with Crippen molar-refractivity contribution in [3.8, 4) is 28.4 Å². The van der Waals surface area contributed by atoms with Crippen LogP contribution in [-0.2, 0) is 6.61 Å². The van der Waals surface area contributed by atoms with Gasteiger partial charge in [0.2, 0.25) is 5.95 Å². The van der Waals surface area contributed by atoms with Crippen molar-refractivity contribution in [2.45, 2.75) is 27.4 Å². The summed E-state index contributed by atoms with van der Waals surface area (Å²) >= 11 is 0. The van der Waals surface area contributed by atoms with Crippen LogP contribution in [0.25, 0.3) is 28.3 Å². The molecule has 0 saturated carbocycles. The molecule has 0 fully saturated rings. The number of anilines is 1. The van der Waals surface area contributed by atoms with Crippen LogP contribution < -0.4 is 10.1 Å². The molecule has 0 unspecified atom stereocenters. The van der Waals surface area contributed by atoms with Gasteiger partial charge in [0.25, 0.3) is 0 Å². The first-order chi connectivity index (χ1) is 17.4. The van der Waals surface area contributed by atoms with Crippen LogP contribution in [-0.4, -0.2) is 25.9 Å². The van der Waals surface area contributed by atoms with Crippen molar-refractivity contribution >= 4 is 11.6 Å². The first kappa shape index (κ1) is 23.5. The zero-order chi connectivity index (χ0) is 25.1. The highest BCUT2D eigenvalue weighted by Crippen LogP contribution is 2.35. The van der Waals surface area contributed by atoms with E-state index in [9.17, 15) is 4.39 Å². The lowest BCUT2D eigenvalue weighted by molar-refractivity contribution is 0.308. The highest BCUT2D eigenvalue weighted by molar-refractivity contribution is 5.82. The van der Waals surface area contributed by atoms with Crippen molar-refractivity contribution in [2.75, 3.05) is 11.9 Å². The Morgan fingerprint density at radius 3 is 2.44 bits per heavy atom. The molecule has 1 N–H and O–H groups in total. The average Bonchev–Trinajstić information content (AvgIpc) is 3.27. The summed E-state index contributed by atoms with van der Waals surface area (Å²) in [7, 11) is 0. The summed E-state index contributed by atoms with van der Waals surface area (Å²) in [5, 5.41) is 3.33. The Morgan fingerprint density at radius 1 is 0.917 bits per heavy atom. The Hall–Kier alpha value is -4.26. The van der Waals surface area contributed by atoms with Crippen LogP contribution in [0.3, 0.4) is 0 Å². The summed E-state index contributed by atoms with van der Waals surface area (Å²) in [4.78, 5) is 14.1. The number of pyridine rings is 1. The predicted octanol–water partition coefficient (Wildman–Crippen LogP) is 6.63. The van der Waals surface area contributed by atoms with Gasteiger partial charge in [-0.05, 0) is 53.4 Å². The molecular weight excluding hydrogens is 453 g/mol. The van der Waals surface area contributed by atoms with E-state index >= 15 is 0 Å². The number of ether oxygens (including phenoxy) is 1. The van der Waals surface area contributed by atoms with E-state index in [0.717, 1.165) is 23.4 Å². The molecule has 7 heteroatoms. The maximum atomic E-state index is 13.7. The minimum atomic E-state index is -0.299. The fraction of sp³-hybridized carbons (Fsp3) is 0.207. The molecule has 2 aromatic carbocycles. The molecule has 0 aliphatic heterocycles. The number of benzene rings is 2. The van der Waals surface area contributed by atoms with Crippen LogP contribution in [0.2, 0.25) is 0 Å². The maximum Gasteiger partial charge on any atom is 0.223 e. The van der Waals surface area contributed by atoms with E-state index < -0.39 is 0 Å². The van der Waals surface area contributed by atoms with Crippen LogP contribution in [0.5, 0.6) is 5.75 Å². The topological polar surface area (TPSA) is 64.3 Å². The van der Waals surface area contributed by atoms with Gasteiger partial charge < -0.3 is 10.1 Å². The van der Waals surface area contributed by atoms with E-state index in [1.165, 1.54) is 12.1 Å². The number of imidazole rings is 1. The molecule has 0 aliphatic rings. The molecule has 182 valence electrons. The number of fused-ring (bicyclic) bond motifs is 1. The fourth-order valence-electron chi connectivity index (χ4n) is 3.86. The summed E-state index contributed by atoms with van der Waals surface area (Å²) in [5.74, 6) is 0.890. The van der Waals surface area contributed by atoms with Crippen molar-refractivity contribution in [2.24, 2.45) is 5.41 Å². The smallest absolute Gasteiger partial charge is 0.223 e. The molecule has 3 aromatic heterocycles. The molecule has 0 saturated heterocycles. The molecule has 36 heavy (non-hydrogen) atoms. The summed E-state index contributed by atoms with van der Waals surface area (Å²) in [6.45, 7) is 7.60. The van der Waals surface area contributed by atoms with Gasteiger partial charge in [0.1, 0.15) is 12.4 Å². The Kier molecular flexibility index (Phi) is 6.38. The van der Waals surface area contributed by atoms with Crippen LogP contribution >= 0.6 is 0 Å². The number of nitrogens with zero attached hydrogens (tertiary/aromatic N) is 4. The SMILES string of the molecule is CC(C)(C)CNc1nccc(-c2c(-c3ccc(F)cc3)nc3c(OCc4ccccc4)cccn23)n1. The second-order valence-electron chi connectivity index (χ2n) is 9.84. The van der Waals surface area contributed by atoms with Gasteiger partial charge in [0.15, 0.2) is 11.4 Å². The van der Waals surface area contributed by atoms with Crippen molar-refractivity contribution in [1.29, 1.82) is 0 Å². The molecule has 5 rings (SSSR count). The zero-order valence-electron chi connectivity index (χ0n) is 20.6. The third kappa shape index (κ3) is 5.20. The second kappa shape index (κ2) is 9.77. The number of halogens is 1. The van der Waals surface area contributed by atoms with Crippen molar-refractivity contribution in [1.82, 2.24) is 19.4 Å². The van der Waals surface area contributed by atoms with Gasteiger partial charge in [-0.1, -0.05) is 51.1 Å². The molecule has 3 heterocycles. The predicted molar refractivity (Wildman–Crippen MR) is 140 cm³/mol. The second-order valence-corrected chi connectivity index (χ2v) is 9.84. The minimum Gasteiger partial charge on any atom is -0.485 e. The maximum absolute atomic E-state index is 13.7. The summed E-state index contributed by atoms with van der Waals surface area (Å²) in [6, 6.07) is 22.0. The normalized spacial score (nSPS) is 11.6. The molecule has 0 atom stereocenters. The van der Waals surface area contributed by atoms with Gasteiger partial charge in [-0.25, -0.2) is 19.3 Å². The van der Waals surface area contributed by atoms with Gasteiger partial charge in [-0.15, -0.1) is 0 Å². The van der Waals surface area contributed by atoms with E-state index in [4.69, 9.17) is 14.7 Å². The number of nitrogens with one attached hydrogen (secondary N) is 1. The standard InChI is InChI=1S/C29H28FN5O/c1-29(2,3)19-32-28-31-16-15-23(33-28)26-25(21-11-13-22(30)14-12-21)34-27-24(10-7-17-35(26)27)36-18-20-8-5-4-6-9-20/h4-17H,18-19H2,1-3H3,(H,31,32,33). The molecule has 0 amide bonds. The number of rotatable bonds is 7. The molecular formula is C29H28FN5O. The van der Waals surface area contributed by atoms with E-state index in [-0.39, 0.29) is 11.2 Å². The quantitative estimate of drug-likeness (QED) is 0.282. The lowest BCUT2D eigenvalue weighted by Gasteiger charge is -2.18. The van der Waals surface area contributed by atoms with Crippen molar-refractivity contribution in [3.63, 3.8) is 0 Å². The van der Waals surface area contributed by atoms with Crippen LogP contribution in [0.4, 0.5) is 10.3 Å². The molecule has 0 spiro atoms. The van der Waals surface area contributed by atoms with Gasteiger partial charge in [-0.2, -0.15) is 0 Å². The van der Waals surface area contributed by atoms with E-state index in [0.29, 0.717) is 35.3 Å². The molecule has 6 nitrogen and oxygen atoms in total. The largest absolute Gasteiger partial charge is 0.485 e. The lowest BCUT2D eigenvalue weighted by atomic mass is 9.97. The Labute approximate surface area is 209 Å². The van der Waals surface area contributed by atoms with E-state index in [1.54, 1.807) is 18.3 Å². The minimum absolute atomic E-state index is 0.0763. The zero-order valence-corrected chi connectivity index (χ0v) is 20.6. The van der Waals surface area contributed by atoms with Crippen molar-refractivity contribution < 1.29 is 9.13 Å². The third-order valence-electron chi connectivity index (χ3n) is 5.64. The Bertz CT molecular complexity index is 1470. The van der Waals surface area contributed by atoms with Gasteiger partial charge in [0.05, 0.1) is 17.1 Å². The van der Waals surface area contributed by atoms with Crippen LogP contribution in [0, 0.1) is 11.2 Å². The molecule has 0 radical (unpaired) electrons. The summed E-state index contributed by atoms with van der Waals surface area (Å²) in [6.07, 6.45) is 3.67. The highest BCUT2D eigenvalue weighted by Gasteiger charge is 2.20. The average molecular weight is 482 g/mol. The first-order valence-electron chi connectivity index (χ1n) is 11.9. The van der Waals surface area contributed by atoms with Crippen molar-refractivity contribution in [3.05, 3.63) is 96.6 Å². The van der Waals surface area contributed by atoms with Gasteiger partial charge in [0, 0.05) is 24.5 Å². The van der Waals surface area contributed by atoms with Crippen LogP contribution in [0.1, 0.15) is 26.3 Å². The van der Waals surface area contributed by atoms with Crippen LogP contribution in [0.15, 0.2) is 85.2 Å². The van der Waals surface area contributed by atoms with Gasteiger partial charge >= 0.3 is 0 Å². The first-order valence-corrected chi connectivity index (χ1v) is 11.9. The summed E-state index contributed by atoms with van der Waals surface area (Å²) < 4.78 is 21.9. The summed E-state index contributed by atoms with van der Waals surface area (Å²) in [5.41, 5.74) is 4.75. The lowest BCUT2D eigenvalue weighted by Crippen LogP contribution is -2.20. The number of hydrogen-bond acceptors (Lipinski definition) is 5. The monoisotopic (exact) mass is 481 g/mol. The molecule has 5 aromatic rings. The van der Waals surface area contributed by atoms with E-state index in [1.807, 2.05) is 59.1 Å². The molecule has 0 aliphatic carbocycles. The Morgan fingerprint density at radius 2 is 1.69 bits per heavy atom. The number of aromatic nitrogens is 4. The fourth-order valence-corrected chi connectivity index (χ4v) is 3.86. The Balaban J connectivity index is 1.61. The third-order valence-corrected chi connectivity index (χ3v) is 5.64. The van der Waals surface area contributed by atoms with Gasteiger partial charge in [-0.3, -0.25) is 4.40 Å².